The molecule has 7 nitrogen and oxygen atoms in total. The zero-order chi connectivity index (χ0) is 19.1. The van der Waals surface area contributed by atoms with E-state index in [1.165, 1.54) is 4.68 Å². The van der Waals surface area contributed by atoms with Crippen LogP contribution in [-0.2, 0) is 40.5 Å². The second-order valence-electron chi connectivity index (χ2n) is 7.17. The summed E-state index contributed by atoms with van der Waals surface area (Å²) in [6, 6.07) is -0.831. The number of carbonyl (C=O) groups excluding carboxylic acids is 1. The van der Waals surface area contributed by atoms with Crippen LogP contribution in [-0.4, -0.2) is 20.8 Å². The minimum atomic E-state index is -2.20. The Kier molecular flexibility index (Phi) is 4.71. The van der Waals surface area contributed by atoms with Crippen LogP contribution in [0.4, 0.5) is 14.9 Å². The maximum absolute atomic E-state index is 14.0. The largest absolute Gasteiger partial charge is 0.438 e. The average molecular weight is 390 g/mol. The lowest BCUT2D eigenvalue weighted by molar-refractivity contribution is 0.260. The molecule has 0 aliphatic heterocycles. The van der Waals surface area contributed by atoms with Gasteiger partial charge < -0.3 is 13.9 Å². The lowest BCUT2D eigenvalue weighted by Crippen LogP contribution is -2.12. The number of carbonyl (C=O) groups is 1. The van der Waals surface area contributed by atoms with E-state index in [1.54, 1.807) is 0 Å². The number of rotatable bonds is 3. The summed E-state index contributed by atoms with van der Waals surface area (Å²) in [6.07, 6.45) is 6.72. The topological polar surface area (TPSA) is 89.2 Å². The Labute approximate surface area is 158 Å². The lowest BCUT2D eigenvalue weighted by Gasteiger charge is -2.14. The first-order chi connectivity index (χ1) is 12.9. The lowest BCUT2D eigenvalue weighted by atomic mass is 10.1. The van der Waals surface area contributed by atoms with E-state index in [4.69, 9.17) is 4.98 Å². The normalized spacial score (nSPS) is 16.6. The van der Waals surface area contributed by atoms with Crippen molar-refractivity contribution < 1.29 is 13.4 Å². The summed E-state index contributed by atoms with van der Waals surface area (Å²) in [5.41, 5.74) is 4.95. The van der Waals surface area contributed by atoms with Gasteiger partial charge in [0, 0.05) is 22.5 Å². The Morgan fingerprint density at radius 2 is 1.85 bits per heavy atom. The van der Waals surface area contributed by atoms with Gasteiger partial charge in [-0.15, -0.1) is 10.6 Å². The third-order valence-electron chi connectivity index (χ3n) is 5.00. The van der Waals surface area contributed by atoms with Crippen LogP contribution in [0.1, 0.15) is 55.2 Å². The van der Waals surface area contributed by atoms with Crippen molar-refractivity contribution >= 4 is 22.3 Å². The van der Waals surface area contributed by atoms with Gasteiger partial charge in [-0.05, 0) is 63.5 Å². The minimum absolute atomic E-state index is 0.0823. The van der Waals surface area contributed by atoms with E-state index in [9.17, 15) is 13.4 Å². The molecule has 2 aliphatic carbocycles. The SMILES string of the molecule is CC(C)n1cc(F)c([S-](=O)=NC(=O)Nc2c3c(nc4c2CCC4)CCC3)n1. The average Bonchev–Trinajstić information content (AvgIpc) is 3.32. The van der Waals surface area contributed by atoms with Crippen LogP contribution >= 0.6 is 0 Å². The monoisotopic (exact) mass is 390 g/mol. The molecule has 2 amide bonds. The van der Waals surface area contributed by atoms with Crippen LogP contribution in [0.15, 0.2) is 15.6 Å². The molecule has 1 N–H and O–H groups in total. The number of nitrogens with zero attached hydrogens (tertiary/aromatic N) is 4. The van der Waals surface area contributed by atoms with Crippen LogP contribution in [0.5, 0.6) is 0 Å². The number of pyridine rings is 1. The molecule has 2 heterocycles. The van der Waals surface area contributed by atoms with Crippen molar-refractivity contribution in [2.24, 2.45) is 4.36 Å². The van der Waals surface area contributed by atoms with Gasteiger partial charge in [-0.2, -0.15) is 5.10 Å². The first kappa shape index (κ1) is 18.1. The number of urea groups is 1. The van der Waals surface area contributed by atoms with Crippen LogP contribution in [0, 0.1) is 5.82 Å². The molecule has 0 saturated carbocycles. The van der Waals surface area contributed by atoms with Crippen molar-refractivity contribution in [1.82, 2.24) is 14.8 Å². The van der Waals surface area contributed by atoms with E-state index in [0.29, 0.717) is 0 Å². The number of nitrogens with one attached hydrogen (secondary N) is 1. The Balaban J connectivity index is 1.62. The van der Waals surface area contributed by atoms with E-state index in [2.05, 4.69) is 14.8 Å². The van der Waals surface area contributed by atoms with Crippen LogP contribution in [0.25, 0.3) is 0 Å². The molecule has 0 saturated heterocycles. The zero-order valence-electron chi connectivity index (χ0n) is 15.3. The number of halogens is 1. The molecule has 27 heavy (non-hydrogen) atoms. The molecule has 0 aromatic carbocycles. The van der Waals surface area contributed by atoms with Crippen LogP contribution in [0.3, 0.4) is 0 Å². The first-order valence-electron chi connectivity index (χ1n) is 9.16. The van der Waals surface area contributed by atoms with Crippen molar-refractivity contribution in [3.05, 3.63) is 34.5 Å². The minimum Gasteiger partial charge on any atom is -0.438 e. The van der Waals surface area contributed by atoms with Gasteiger partial charge in [0.25, 0.3) is 0 Å². The Hall–Kier alpha value is -2.29. The van der Waals surface area contributed by atoms with Crippen molar-refractivity contribution in [3.63, 3.8) is 0 Å². The molecule has 2 aliphatic rings. The number of hydrogen-bond acceptors (Lipinski definition) is 5. The van der Waals surface area contributed by atoms with Crippen LogP contribution in [0.2, 0.25) is 0 Å². The van der Waals surface area contributed by atoms with Gasteiger partial charge in [0.15, 0.2) is 0 Å². The second-order valence-corrected chi connectivity index (χ2v) is 8.24. The first-order valence-corrected chi connectivity index (χ1v) is 10.3. The molecule has 9 heteroatoms. The Bertz CT molecular complexity index is 975. The molecule has 0 spiro atoms. The predicted octanol–water partition coefficient (Wildman–Crippen LogP) is 3.71. The maximum Gasteiger partial charge on any atom is 0.322 e. The number of fused-ring (bicyclic) bond motifs is 2. The van der Waals surface area contributed by atoms with E-state index < -0.39 is 22.4 Å². The quantitative estimate of drug-likeness (QED) is 0.809. The van der Waals surface area contributed by atoms with Gasteiger partial charge in [-0.3, -0.25) is 9.67 Å². The number of aryl methyl sites for hydroxylation is 2. The molecule has 0 unspecified atom stereocenters. The fourth-order valence-corrected chi connectivity index (χ4v) is 4.39. The molecule has 2 aromatic rings. The number of aromatic nitrogens is 3. The van der Waals surface area contributed by atoms with Gasteiger partial charge in [0.1, 0.15) is 5.82 Å². The second kappa shape index (κ2) is 7.03. The fraction of sp³-hybridized carbons (Fsp3) is 0.500. The maximum atomic E-state index is 14.0. The van der Waals surface area contributed by atoms with Gasteiger partial charge in [0.2, 0.25) is 0 Å². The Morgan fingerprint density at radius 1 is 1.22 bits per heavy atom. The van der Waals surface area contributed by atoms with Crippen molar-refractivity contribution in [2.75, 3.05) is 5.32 Å². The summed E-state index contributed by atoms with van der Waals surface area (Å²) in [4.78, 5) is 17.1. The van der Waals surface area contributed by atoms with Gasteiger partial charge in [-0.25, -0.2) is 9.18 Å². The van der Waals surface area contributed by atoms with Crippen molar-refractivity contribution in [3.8, 4) is 0 Å². The van der Waals surface area contributed by atoms with Gasteiger partial charge in [0.05, 0.1) is 11.9 Å². The van der Waals surface area contributed by atoms with E-state index in [0.717, 1.165) is 72.9 Å². The van der Waals surface area contributed by atoms with E-state index >= 15 is 0 Å². The molecular formula is C18H21FN5O2S-. The summed E-state index contributed by atoms with van der Waals surface area (Å²) in [6.45, 7) is 3.65. The molecular weight excluding hydrogens is 369 g/mol. The summed E-state index contributed by atoms with van der Waals surface area (Å²) < 4.78 is 31.3. The molecule has 0 radical (unpaired) electrons. The molecule has 0 fully saturated rings. The summed E-state index contributed by atoms with van der Waals surface area (Å²) >= 11 is 0. The summed E-state index contributed by atoms with van der Waals surface area (Å²) in [5, 5.41) is 6.41. The standard InChI is InChI=1S/C18H21FN5O2S/c1-10(2)24-9-13(19)17(22-24)27(26)23-18(25)21-16-11-5-3-7-14(11)20-15-8-4-6-12(15)16/h9-10H,3-8H2,1-2H3,(H,20,21,25)/q-1. The van der Waals surface area contributed by atoms with Crippen molar-refractivity contribution in [1.29, 1.82) is 0 Å². The third kappa shape index (κ3) is 3.36. The molecule has 0 bridgehead atoms. The smallest absolute Gasteiger partial charge is 0.322 e. The van der Waals surface area contributed by atoms with Gasteiger partial charge >= 0.3 is 6.03 Å². The highest BCUT2D eigenvalue weighted by Gasteiger charge is 2.26. The number of hydrogen-bond donors (Lipinski definition) is 1. The third-order valence-corrected chi connectivity index (χ3v) is 5.94. The molecule has 0 atom stereocenters. The molecule has 144 valence electrons. The van der Waals surface area contributed by atoms with Crippen molar-refractivity contribution in [2.45, 2.75) is 63.4 Å². The zero-order valence-corrected chi connectivity index (χ0v) is 16.1. The predicted molar refractivity (Wildman–Crippen MR) is 98.6 cm³/mol. The summed E-state index contributed by atoms with van der Waals surface area (Å²) in [7, 11) is -2.20. The Morgan fingerprint density at radius 3 is 2.41 bits per heavy atom. The number of amides is 2. The molecule has 4 rings (SSSR count). The van der Waals surface area contributed by atoms with E-state index in [1.807, 2.05) is 13.8 Å². The van der Waals surface area contributed by atoms with Crippen LogP contribution < -0.4 is 5.32 Å². The highest BCUT2D eigenvalue weighted by atomic mass is 32.2. The van der Waals surface area contributed by atoms with E-state index in [-0.39, 0.29) is 11.1 Å². The highest BCUT2D eigenvalue weighted by Crippen LogP contribution is 2.36. The fourth-order valence-electron chi connectivity index (χ4n) is 3.72. The number of anilines is 1. The summed E-state index contributed by atoms with van der Waals surface area (Å²) in [5.74, 6) is -0.732. The molecule has 2 aromatic heterocycles. The highest BCUT2D eigenvalue weighted by molar-refractivity contribution is 7.75. The van der Waals surface area contributed by atoms with Gasteiger partial charge in [-0.1, -0.05) is 0 Å².